The van der Waals surface area contributed by atoms with Gasteiger partial charge in [0.25, 0.3) is 5.91 Å². The Kier molecular flexibility index (Phi) is 2.82. The molecule has 2 unspecified atom stereocenters. The zero-order chi connectivity index (χ0) is 12.7. The SMILES string of the molecule is NC1CC2CCC(C1)N2C(=O)c1ccccc1F. The van der Waals surface area contributed by atoms with Crippen LogP contribution in [0.1, 0.15) is 36.0 Å². The first-order valence-corrected chi connectivity index (χ1v) is 6.49. The van der Waals surface area contributed by atoms with Crippen LogP contribution in [0.15, 0.2) is 24.3 Å². The van der Waals surface area contributed by atoms with Crippen molar-refractivity contribution in [1.82, 2.24) is 4.90 Å². The Morgan fingerprint density at radius 2 is 1.83 bits per heavy atom. The quantitative estimate of drug-likeness (QED) is 0.825. The first kappa shape index (κ1) is 11.7. The normalized spacial score (nSPS) is 30.6. The van der Waals surface area contributed by atoms with Crippen molar-refractivity contribution in [1.29, 1.82) is 0 Å². The molecule has 0 radical (unpaired) electrons. The zero-order valence-electron chi connectivity index (χ0n) is 10.2. The number of rotatable bonds is 1. The van der Waals surface area contributed by atoms with Crippen LogP contribution in [-0.4, -0.2) is 28.9 Å². The second kappa shape index (κ2) is 4.35. The molecular weight excluding hydrogens is 231 g/mol. The third-order valence-corrected chi connectivity index (χ3v) is 4.11. The van der Waals surface area contributed by atoms with Crippen LogP contribution in [0.25, 0.3) is 0 Å². The van der Waals surface area contributed by atoms with Gasteiger partial charge in [-0.15, -0.1) is 0 Å². The summed E-state index contributed by atoms with van der Waals surface area (Å²) < 4.78 is 13.7. The van der Waals surface area contributed by atoms with Gasteiger partial charge in [0.1, 0.15) is 5.82 Å². The molecule has 0 aliphatic carbocycles. The van der Waals surface area contributed by atoms with Gasteiger partial charge in [-0.05, 0) is 37.8 Å². The highest BCUT2D eigenvalue weighted by Gasteiger charge is 2.42. The summed E-state index contributed by atoms with van der Waals surface area (Å²) in [5.74, 6) is -0.607. The van der Waals surface area contributed by atoms with E-state index < -0.39 is 5.82 Å². The lowest BCUT2D eigenvalue weighted by Gasteiger charge is -2.37. The largest absolute Gasteiger partial charge is 0.332 e. The van der Waals surface area contributed by atoms with Gasteiger partial charge in [0.2, 0.25) is 0 Å². The number of nitrogens with zero attached hydrogens (tertiary/aromatic N) is 1. The van der Waals surface area contributed by atoms with Gasteiger partial charge in [-0.25, -0.2) is 4.39 Å². The molecule has 2 fully saturated rings. The van der Waals surface area contributed by atoms with Crippen LogP contribution in [0.2, 0.25) is 0 Å². The van der Waals surface area contributed by atoms with Crippen molar-refractivity contribution in [3.63, 3.8) is 0 Å². The molecular formula is C14H17FN2O. The Labute approximate surface area is 106 Å². The molecule has 1 aromatic carbocycles. The fraction of sp³-hybridized carbons (Fsp3) is 0.500. The number of fused-ring (bicyclic) bond motifs is 2. The number of carbonyl (C=O) groups excluding carboxylic acids is 1. The van der Waals surface area contributed by atoms with Crippen molar-refractivity contribution in [3.8, 4) is 0 Å². The Balaban J connectivity index is 1.88. The number of benzene rings is 1. The van der Waals surface area contributed by atoms with E-state index in [0.29, 0.717) is 0 Å². The van der Waals surface area contributed by atoms with Gasteiger partial charge in [-0.1, -0.05) is 12.1 Å². The number of carbonyl (C=O) groups is 1. The summed E-state index contributed by atoms with van der Waals surface area (Å²) in [5.41, 5.74) is 6.16. The maximum absolute atomic E-state index is 13.7. The van der Waals surface area contributed by atoms with Crippen molar-refractivity contribution in [2.45, 2.75) is 43.8 Å². The van der Waals surface area contributed by atoms with Crippen molar-refractivity contribution in [3.05, 3.63) is 35.6 Å². The number of hydrogen-bond acceptors (Lipinski definition) is 2. The van der Waals surface area contributed by atoms with Gasteiger partial charge in [0, 0.05) is 18.1 Å². The smallest absolute Gasteiger partial charge is 0.257 e. The van der Waals surface area contributed by atoms with E-state index in [0.717, 1.165) is 25.7 Å². The molecule has 3 nitrogen and oxygen atoms in total. The third-order valence-electron chi connectivity index (χ3n) is 4.11. The van der Waals surface area contributed by atoms with Gasteiger partial charge in [0.05, 0.1) is 5.56 Å². The summed E-state index contributed by atoms with van der Waals surface area (Å²) in [6.45, 7) is 0. The molecule has 0 aromatic heterocycles. The van der Waals surface area contributed by atoms with Crippen molar-refractivity contribution >= 4 is 5.91 Å². The van der Waals surface area contributed by atoms with Crippen molar-refractivity contribution in [2.75, 3.05) is 0 Å². The van der Waals surface area contributed by atoms with Crippen LogP contribution in [0.3, 0.4) is 0 Å². The van der Waals surface area contributed by atoms with Crippen molar-refractivity contribution in [2.24, 2.45) is 5.73 Å². The van der Waals surface area contributed by atoms with E-state index in [9.17, 15) is 9.18 Å². The number of piperidine rings is 1. The molecule has 2 bridgehead atoms. The summed E-state index contributed by atoms with van der Waals surface area (Å²) in [4.78, 5) is 14.3. The number of amides is 1. The average Bonchev–Trinajstić information content (AvgIpc) is 2.61. The first-order chi connectivity index (χ1) is 8.66. The molecule has 2 atom stereocenters. The number of nitrogens with two attached hydrogens (primary N) is 1. The van der Waals surface area contributed by atoms with E-state index in [2.05, 4.69) is 0 Å². The maximum Gasteiger partial charge on any atom is 0.257 e. The molecule has 4 heteroatoms. The molecule has 2 heterocycles. The Hall–Kier alpha value is -1.42. The molecule has 2 saturated heterocycles. The molecule has 0 spiro atoms. The highest BCUT2D eigenvalue weighted by atomic mass is 19.1. The highest BCUT2D eigenvalue weighted by Crippen LogP contribution is 2.36. The molecule has 1 amide bonds. The predicted molar refractivity (Wildman–Crippen MR) is 66.6 cm³/mol. The van der Waals surface area contributed by atoms with Crippen LogP contribution >= 0.6 is 0 Å². The van der Waals surface area contributed by atoms with Gasteiger partial charge >= 0.3 is 0 Å². The van der Waals surface area contributed by atoms with Crippen molar-refractivity contribution < 1.29 is 9.18 Å². The fourth-order valence-corrected chi connectivity index (χ4v) is 3.32. The minimum absolute atomic E-state index is 0.174. The molecule has 18 heavy (non-hydrogen) atoms. The van der Waals surface area contributed by atoms with E-state index in [1.807, 2.05) is 4.90 Å². The number of hydrogen-bond donors (Lipinski definition) is 1. The summed E-state index contributed by atoms with van der Waals surface area (Å²) >= 11 is 0. The molecule has 2 aliphatic rings. The monoisotopic (exact) mass is 248 g/mol. The lowest BCUT2D eigenvalue weighted by molar-refractivity contribution is 0.0570. The van der Waals surface area contributed by atoms with Gasteiger partial charge in [-0.2, -0.15) is 0 Å². The van der Waals surface area contributed by atoms with Crippen LogP contribution in [0.5, 0.6) is 0 Å². The predicted octanol–water partition coefficient (Wildman–Crippen LogP) is 1.92. The topological polar surface area (TPSA) is 46.3 Å². The number of halogens is 1. The van der Waals surface area contributed by atoms with Gasteiger partial charge in [-0.3, -0.25) is 4.79 Å². The van der Waals surface area contributed by atoms with Crippen LogP contribution in [0, 0.1) is 5.82 Å². The summed E-state index contributed by atoms with van der Waals surface area (Å²) in [7, 11) is 0. The maximum atomic E-state index is 13.7. The standard InChI is InChI=1S/C14H17FN2O/c15-13-4-2-1-3-12(13)14(18)17-10-5-6-11(17)8-9(16)7-10/h1-4,9-11H,5-8,16H2. The minimum atomic E-state index is -0.434. The second-order valence-corrected chi connectivity index (χ2v) is 5.31. The van der Waals surface area contributed by atoms with E-state index >= 15 is 0 Å². The Morgan fingerprint density at radius 3 is 2.44 bits per heavy atom. The van der Waals surface area contributed by atoms with Crippen LogP contribution in [-0.2, 0) is 0 Å². The summed E-state index contributed by atoms with van der Waals surface area (Å²) in [6, 6.07) is 6.79. The Bertz CT molecular complexity index is 463. The second-order valence-electron chi connectivity index (χ2n) is 5.31. The Morgan fingerprint density at radius 1 is 1.22 bits per heavy atom. The molecule has 96 valence electrons. The van der Waals surface area contributed by atoms with Gasteiger partial charge in [0.15, 0.2) is 0 Å². The minimum Gasteiger partial charge on any atom is -0.332 e. The molecule has 2 N–H and O–H groups in total. The lowest BCUT2D eigenvalue weighted by atomic mass is 9.97. The lowest BCUT2D eigenvalue weighted by Crippen LogP contribution is -2.50. The zero-order valence-corrected chi connectivity index (χ0v) is 10.2. The van der Waals surface area contributed by atoms with E-state index in [1.54, 1.807) is 18.2 Å². The molecule has 0 saturated carbocycles. The highest BCUT2D eigenvalue weighted by molar-refractivity contribution is 5.95. The third kappa shape index (κ3) is 1.81. The van der Waals surface area contributed by atoms with Crippen LogP contribution in [0.4, 0.5) is 4.39 Å². The van der Waals surface area contributed by atoms with E-state index in [1.165, 1.54) is 6.07 Å². The first-order valence-electron chi connectivity index (χ1n) is 6.49. The van der Waals surface area contributed by atoms with Crippen LogP contribution < -0.4 is 5.73 Å². The fourth-order valence-electron chi connectivity index (χ4n) is 3.32. The van der Waals surface area contributed by atoms with E-state index in [4.69, 9.17) is 5.73 Å². The molecule has 1 aromatic rings. The summed E-state index contributed by atoms with van der Waals surface area (Å²) in [6.07, 6.45) is 3.69. The average molecular weight is 248 g/mol. The van der Waals surface area contributed by atoms with E-state index in [-0.39, 0.29) is 29.6 Å². The molecule has 3 rings (SSSR count). The molecule has 2 aliphatic heterocycles. The van der Waals surface area contributed by atoms with Gasteiger partial charge < -0.3 is 10.6 Å². The summed E-state index contributed by atoms with van der Waals surface area (Å²) in [5, 5.41) is 0.